The summed E-state index contributed by atoms with van der Waals surface area (Å²) in [5.74, 6) is 0. The van der Waals surface area contributed by atoms with E-state index in [1.165, 1.54) is 9.91 Å². The standard InChI is InChI=1S/C9H14AsNO/c1-7-6-8(10)2-3-9(7)11-4-5-12/h2-3,6,11-12H,4-5,10H2,1H3. The molecule has 0 saturated carbocycles. The Labute approximate surface area is 81.5 Å². The Morgan fingerprint density at radius 2 is 2.25 bits per heavy atom. The van der Waals surface area contributed by atoms with Crippen LogP contribution < -0.4 is 9.67 Å². The van der Waals surface area contributed by atoms with Crippen LogP contribution in [-0.2, 0) is 0 Å². The molecule has 2 nitrogen and oxygen atoms in total. The molecule has 3 heteroatoms. The number of hydrogen-bond donors (Lipinski definition) is 2. The predicted octanol–water partition coefficient (Wildman–Crippen LogP) is -0.342. The van der Waals surface area contributed by atoms with Crippen LogP contribution in [0.4, 0.5) is 5.69 Å². The molecule has 0 spiro atoms. The summed E-state index contributed by atoms with van der Waals surface area (Å²) in [6.07, 6.45) is 0. The molecule has 1 unspecified atom stereocenters. The third-order valence-electron chi connectivity index (χ3n) is 1.68. The molecule has 1 aromatic rings. The second-order valence-corrected chi connectivity index (χ2v) is 4.12. The molecule has 0 heterocycles. The first kappa shape index (κ1) is 9.63. The number of anilines is 1. The molecular weight excluding hydrogens is 213 g/mol. The Morgan fingerprint density at radius 3 is 2.83 bits per heavy atom. The molecule has 1 atom stereocenters. The number of aryl methyl sites for hydroxylation is 1. The molecule has 0 aliphatic rings. The van der Waals surface area contributed by atoms with Crippen molar-refractivity contribution in [1.29, 1.82) is 0 Å². The van der Waals surface area contributed by atoms with Gasteiger partial charge in [-0.05, 0) is 0 Å². The Kier molecular flexibility index (Phi) is 3.64. The van der Waals surface area contributed by atoms with Crippen LogP contribution in [0.2, 0.25) is 0 Å². The van der Waals surface area contributed by atoms with Gasteiger partial charge < -0.3 is 0 Å². The fraction of sp³-hybridized carbons (Fsp3) is 0.333. The molecular formula is C9H14AsNO. The first-order valence-electron chi connectivity index (χ1n) is 3.95. The Hall–Kier alpha value is -0.462. The SMILES string of the molecule is Cc1cc([AsH2])ccc1NCCO. The van der Waals surface area contributed by atoms with Crippen LogP contribution in [0, 0.1) is 6.92 Å². The van der Waals surface area contributed by atoms with Crippen LogP contribution in [-0.4, -0.2) is 35.1 Å². The second-order valence-electron chi connectivity index (χ2n) is 2.72. The molecule has 0 radical (unpaired) electrons. The molecule has 0 fully saturated rings. The van der Waals surface area contributed by atoms with Crippen molar-refractivity contribution in [3.63, 3.8) is 0 Å². The van der Waals surface area contributed by atoms with Gasteiger partial charge in [0.15, 0.2) is 0 Å². The van der Waals surface area contributed by atoms with E-state index in [1.807, 2.05) is 0 Å². The number of hydrogen-bond acceptors (Lipinski definition) is 2. The van der Waals surface area contributed by atoms with E-state index in [0.717, 1.165) is 5.69 Å². The summed E-state index contributed by atoms with van der Waals surface area (Å²) in [4.78, 5) is 0. The van der Waals surface area contributed by atoms with Gasteiger partial charge in [-0.15, -0.1) is 0 Å². The van der Waals surface area contributed by atoms with Crippen LogP contribution in [0.25, 0.3) is 0 Å². The monoisotopic (exact) mass is 227 g/mol. The summed E-state index contributed by atoms with van der Waals surface area (Å²) in [6.45, 7) is 2.87. The summed E-state index contributed by atoms with van der Waals surface area (Å²) in [5, 5.41) is 11.8. The molecule has 1 aromatic carbocycles. The van der Waals surface area contributed by atoms with E-state index in [4.69, 9.17) is 5.11 Å². The van der Waals surface area contributed by atoms with Gasteiger partial charge in [-0.3, -0.25) is 0 Å². The molecule has 12 heavy (non-hydrogen) atoms. The maximum atomic E-state index is 8.61. The Morgan fingerprint density at radius 1 is 1.50 bits per heavy atom. The van der Waals surface area contributed by atoms with Crippen LogP contribution >= 0.6 is 0 Å². The quantitative estimate of drug-likeness (QED) is 0.692. The summed E-state index contributed by atoms with van der Waals surface area (Å²) in [7, 11) is 0. The van der Waals surface area contributed by atoms with E-state index >= 15 is 0 Å². The minimum atomic E-state index is 0.178. The Balaban J connectivity index is 2.72. The normalized spacial score (nSPS) is 9.92. The molecule has 0 aliphatic carbocycles. The van der Waals surface area contributed by atoms with Crippen molar-refractivity contribution >= 4 is 26.9 Å². The number of nitrogens with one attached hydrogen (secondary N) is 1. The van der Waals surface area contributed by atoms with Crippen molar-refractivity contribution in [3.8, 4) is 0 Å². The predicted molar refractivity (Wildman–Crippen MR) is 54.9 cm³/mol. The van der Waals surface area contributed by atoms with Crippen LogP contribution in [0.3, 0.4) is 0 Å². The van der Waals surface area contributed by atoms with Crippen molar-refractivity contribution in [2.75, 3.05) is 18.5 Å². The zero-order valence-corrected chi connectivity index (χ0v) is 9.59. The van der Waals surface area contributed by atoms with Gasteiger partial charge in [0.05, 0.1) is 0 Å². The molecule has 0 aromatic heterocycles. The van der Waals surface area contributed by atoms with Gasteiger partial charge in [-0.2, -0.15) is 0 Å². The molecule has 0 saturated heterocycles. The maximum absolute atomic E-state index is 8.61. The van der Waals surface area contributed by atoms with E-state index in [-0.39, 0.29) is 6.61 Å². The number of aliphatic hydroxyl groups is 1. The van der Waals surface area contributed by atoms with Gasteiger partial charge in [0.2, 0.25) is 0 Å². The summed E-state index contributed by atoms with van der Waals surface area (Å²) < 4.78 is 1.33. The fourth-order valence-electron chi connectivity index (χ4n) is 1.08. The number of benzene rings is 1. The third-order valence-corrected chi connectivity index (χ3v) is 2.43. The number of rotatable bonds is 3. The van der Waals surface area contributed by atoms with Gasteiger partial charge in [-0.1, -0.05) is 0 Å². The van der Waals surface area contributed by atoms with Crippen LogP contribution in [0.15, 0.2) is 18.2 Å². The molecule has 2 N–H and O–H groups in total. The second kappa shape index (κ2) is 4.54. The molecule has 1 rings (SSSR count). The van der Waals surface area contributed by atoms with Gasteiger partial charge >= 0.3 is 81.2 Å². The average molecular weight is 227 g/mol. The van der Waals surface area contributed by atoms with Gasteiger partial charge in [0, 0.05) is 0 Å². The zero-order chi connectivity index (χ0) is 8.97. The summed E-state index contributed by atoms with van der Waals surface area (Å²) in [5.41, 5.74) is 2.36. The van der Waals surface area contributed by atoms with E-state index in [0.29, 0.717) is 6.54 Å². The van der Waals surface area contributed by atoms with Gasteiger partial charge in [0.25, 0.3) is 0 Å². The van der Waals surface area contributed by atoms with Crippen molar-refractivity contribution in [2.24, 2.45) is 0 Å². The first-order valence-corrected chi connectivity index (χ1v) is 5.16. The van der Waals surface area contributed by atoms with Crippen molar-refractivity contribution in [2.45, 2.75) is 6.92 Å². The molecule has 0 aliphatic heterocycles. The molecule has 0 bridgehead atoms. The van der Waals surface area contributed by atoms with Gasteiger partial charge in [0.1, 0.15) is 0 Å². The zero-order valence-electron chi connectivity index (χ0n) is 7.17. The van der Waals surface area contributed by atoms with Crippen LogP contribution in [0.5, 0.6) is 0 Å². The number of aliphatic hydroxyl groups excluding tert-OH is 1. The van der Waals surface area contributed by atoms with Crippen molar-refractivity contribution < 1.29 is 5.11 Å². The van der Waals surface area contributed by atoms with Crippen LogP contribution in [0.1, 0.15) is 5.56 Å². The molecule has 0 amide bonds. The van der Waals surface area contributed by atoms with Crippen molar-refractivity contribution in [1.82, 2.24) is 0 Å². The summed E-state index contributed by atoms with van der Waals surface area (Å²) >= 11 is 1.63. The van der Waals surface area contributed by atoms with Gasteiger partial charge in [-0.25, -0.2) is 0 Å². The van der Waals surface area contributed by atoms with E-state index in [9.17, 15) is 0 Å². The topological polar surface area (TPSA) is 32.3 Å². The van der Waals surface area contributed by atoms with E-state index in [2.05, 4.69) is 30.4 Å². The van der Waals surface area contributed by atoms with E-state index < -0.39 is 0 Å². The van der Waals surface area contributed by atoms with E-state index in [1.54, 1.807) is 16.9 Å². The van der Waals surface area contributed by atoms with Crippen molar-refractivity contribution in [3.05, 3.63) is 23.8 Å². The third kappa shape index (κ3) is 2.54. The minimum absolute atomic E-state index is 0.178. The average Bonchev–Trinajstić information content (AvgIpc) is 2.03. The Bertz CT molecular complexity index is 263. The summed E-state index contributed by atoms with van der Waals surface area (Å²) in [6, 6.07) is 6.30. The fourth-order valence-corrected chi connectivity index (χ4v) is 1.80. The first-order chi connectivity index (χ1) is 5.74. The molecule has 66 valence electrons.